The quantitative estimate of drug-likeness (QED) is 0.211. The number of carbonyl (C=O) groups excluding carboxylic acids is 3. The first-order valence-electron chi connectivity index (χ1n) is 9.61. The second-order valence-electron chi connectivity index (χ2n) is 6.24. The van der Waals surface area contributed by atoms with Crippen LogP contribution in [-0.4, -0.2) is 40.3 Å². The van der Waals surface area contributed by atoms with E-state index in [0.29, 0.717) is 27.3 Å². The molecule has 0 atom stereocenters. The molecule has 0 spiro atoms. The van der Waals surface area contributed by atoms with Crippen molar-refractivity contribution in [1.29, 1.82) is 0 Å². The van der Waals surface area contributed by atoms with Gasteiger partial charge in [-0.05, 0) is 42.8 Å². The van der Waals surface area contributed by atoms with Gasteiger partial charge in [-0.15, -0.1) is 10.2 Å². The Bertz CT molecular complexity index is 1100. The second-order valence-corrected chi connectivity index (χ2v) is 8.44. The second kappa shape index (κ2) is 11.8. The zero-order valence-corrected chi connectivity index (χ0v) is 18.7. The minimum absolute atomic E-state index is 0.121. The van der Waals surface area contributed by atoms with E-state index in [-0.39, 0.29) is 17.6 Å². The predicted molar refractivity (Wildman–Crippen MR) is 126 cm³/mol. The van der Waals surface area contributed by atoms with Crippen LogP contribution in [0.5, 0.6) is 0 Å². The number of amides is 2. The van der Waals surface area contributed by atoms with Crippen LogP contribution in [0.4, 0.5) is 10.8 Å². The average Bonchev–Trinajstić information content (AvgIpc) is 3.25. The van der Waals surface area contributed by atoms with Crippen LogP contribution < -0.4 is 10.6 Å². The lowest BCUT2D eigenvalue weighted by Gasteiger charge is -2.05. The fourth-order valence-electron chi connectivity index (χ4n) is 2.43. The van der Waals surface area contributed by atoms with Crippen molar-refractivity contribution < 1.29 is 19.1 Å². The van der Waals surface area contributed by atoms with Gasteiger partial charge in [0, 0.05) is 11.8 Å². The van der Waals surface area contributed by atoms with Gasteiger partial charge in [-0.2, -0.15) is 0 Å². The van der Waals surface area contributed by atoms with Gasteiger partial charge in [0.25, 0.3) is 0 Å². The number of benzene rings is 2. The van der Waals surface area contributed by atoms with E-state index in [0.717, 1.165) is 5.56 Å². The normalized spacial score (nSPS) is 10.7. The van der Waals surface area contributed by atoms with Crippen molar-refractivity contribution in [1.82, 2.24) is 10.2 Å². The third-order valence-electron chi connectivity index (χ3n) is 3.87. The molecule has 32 heavy (non-hydrogen) atoms. The van der Waals surface area contributed by atoms with Crippen LogP contribution in [0.15, 0.2) is 65.0 Å². The first-order chi connectivity index (χ1) is 15.5. The fraction of sp³-hybridized carbons (Fsp3) is 0.136. The van der Waals surface area contributed by atoms with Crippen LogP contribution in [-0.2, 0) is 14.3 Å². The molecule has 2 N–H and O–H groups in total. The monoisotopic (exact) mass is 468 g/mol. The minimum Gasteiger partial charge on any atom is -0.462 e. The number of anilines is 2. The third kappa shape index (κ3) is 7.33. The summed E-state index contributed by atoms with van der Waals surface area (Å²) in [6.07, 6.45) is 3.12. The summed E-state index contributed by atoms with van der Waals surface area (Å²) >= 11 is 2.39. The molecule has 0 saturated heterocycles. The molecule has 1 aromatic heterocycles. The number of nitrogens with zero attached hydrogens (tertiary/aromatic N) is 2. The summed E-state index contributed by atoms with van der Waals surface area (Å²) < 4.78 is 5.48. The number of nitrogens with one attached hydrogen (secondary N) is 2. The van der Waals surface area contributed by atoms with Crippen LogP contribution in [0.2, 0.25) is 0 Å². The molecule has 0 radical (unpaired) electrons. The zero-order valence-electron chi connectivity index (χ0n) is 17.1. The van der Waals surface area contributed by atoms with Gasteiger partial charge >= 0.3 is 5.97 Å². The van der Waals surface area contributed by atoms with Gasteiger partial charge in [0.15, 0.2) is 4.34 Å². The SMILES string of the molecule is CCOC(=O)c1ccc(NC(=O)CSc2nnc(NC(=O)/C=C/c3ccccc3)s2)cc1. The highest BCUT2D eigenvalue weighted by Gasteiger charge is 2.11. The molecule has 3 rings (SSSR count). The maximum atomic E-state index is 12.2. The lowest BCUT2D eigenvalue weighted by molar-refractivity contribution is -0.114. The Labute approximate surface area is 193 Å². The van der Waals surface area contributed by atoms with Gasteiger partial charge in [-0.25, -0.2) is 4.79 Å². The molecule has 2 aromatic carbocycles. The molecule has 3 aromatic rings. The summed E-state index contributed by atoms with van der Waals surface area (Å²) in [4.78, 5) is 35.8. The van der Waals surface area contributed by atoms with E-state index >= 15 is 0 Å². The summed E-state index contributed by atoms with van der Waals surface area (Å²) in [5.41, 5.74) is 1.90. The molecule has 10 heteroatoms. The Hall–Kier alpha value is -3.50. The van der Waals surface area contributed by atoms with E-state index in [1.807, 2.05) is 30.3 Å². The van der Waals surface area contributed by atoms with Crippen molar-refractivity contribution in [2.75, 3.05) is 23.0 Å². The number of ether oxygens (including phenoxy) is 1. The molecule has 0 fully saturated rings. The molecule has 0 aliphatic heterocycles. The first-order valence-corrected chi connectivity index (χ1v) is 11.4. The molecule has 0 saturated carbocycles. The molecule has 164 valence electrons. The van der Waals surface area contributed by atoms with Crippen LogP contribution >= 0.6 is 23.1 Å². The van der Waals surface area contributed by atoms with E-state index < -0.39 is 5.97 Å². The summed E-state index contributed by atoms with van der Waals surface area (Å²) in [5, 5.41) is 13.6. The smallest absolute Gasteiger partial charge is 0.338 e. The summed E-state index contributed by atoms with van der Waals surface area (Å²) in [6.45, 7) is 2.04. The predicted octanol–water partition coefficient (Wildman–Crippen LogP) is 4.10. The zero-order chi connectivity index (χ0) is 22.8. The number of hydrogen-bond donors (Lipinski definition) is 2. The van der Waals surface area contributed by atoms with Crippen molar-refractivity contribution in [3.63, 3.8) is 0 Å². The van der Waals surface area contributed by atoms with Crippen molar-refractivity contribution >= 4 is 57.8 Å². The van der Waals surface area contributed by atoms with E-state index in [2.05, 4.69) is 20.8 Å². The summed E-state index contributed by atoms with van der Waals surface area (Å²) in [5.74, 6) is -0.831. The van der Waals surface area contributed by atoms with Gasteiger partial charge in [-0.1, -0.05) is 53.4 Å². The largest absolute Gasteiger partial charge is 0.462 e. The number of rotatable bonds is 9. The van der Waals surface area contributed by atoms with Gasteiger partial charge < -0.3 is 10.1 Å². The Morgan fingerprint density at radius 2 is 1.78 bits per heavy atom. The molecular weight excluding hydrogens is 448 g/mol. The van der Waals surface area contributed by atoms with Crippen LogP contribution in [0, 0.1) is 0 Å². The number of aromatic nitrogens is 2. The van der Waals surface area contributed by atoms with Crippen molar-refractivity contribution in [3.8, 4) is 0 Å². The highest BCUT2D eigenvalue weighted by Crippen LogP contribution is 2.25. The maximum absolute atomic E-state index is 12.2. The standard InChI is InChI=1S/C22H20N4O4S2/c1-2-30-20(29)16-9-11-17(12-10-16)23-19(28)14-31-22-26-25-21(32-22)24-18(27)13-8-15-6-4-3-5-7-15/h3-13H,2,14H2,1H3,(H,23,28)(H,24,25,27)/b13-8+. The maximum Gasteiger partial charge on any atom is 0.338 e. The molecule has 0 aliphatic carbocycles. The average molecular weight is 469 g/mol. The van der Waals surface area contributed by atoms with Gasteiger partial charge in [0.05, 0.1) is 17.9 Å². The van der Waals surface area contributed by atoms with Gasteiger partial charge in [0.1, 0.15) is 0 Å². The number of esters is 1. The van der Waals surface area contributed by atoms with Crippen molar-refractivity contribution in [2.24, 2.45) is 0 Å². The summed E-state index contributed by atoms with van der Waals surface area (Å²) in [6, 6.07) is 15.9. The van der Waals surface area contributed by atoms with Crippen LogP contribution in [0.25, 0.3) is 6.08 Å². The lowest BCUT2D eigenvalue weighted by atomic mass is 10.2. The molecular formula is C22H20N4O4S2. The number of thioether (sulfide) groups is 1. The molecule has 1 heterocycles. The topological polar surface area (TPSA) is 110 Å². The van der Waals surface area contributed by atoms with E-state index in [9.17, 15) is 14.4 Å². The molecule has 2 amide bonds. The van der Waals surface area contributed by atoms with Crippen LogP contribution in [0.3, 0.4) is 0 Å². The van der Waals surface area contributed by atoms with E-state index in [1.54, 1.807) is 37.3 Å². The first kappa shape index (κ1) is 23.2. The Balaban J connectivity index is 1.44. The molecule has 0 aliphatic rings. The van der Waals surface area contributed by atoms with Crippen LogP contribution in [0.1, 0.15) is 22.8 Å². The van der Waals surface area contributed by atoms with E-state index in [4.69, 9.17) is 4.74 Å². The Morgan fingerprint density at radius 3 is 2.50 bits per heavy atom. The molecule has 8 nitrogen and oxygen atoms in total. The van der Waals surface area contributed by atoms with Crippen molar-refractivity contribution in [2.45, 2.75) is 11.3 Å². The number of hydrogen-bond acceptors (Lipinski definition) is 8. The lowest BCUT2D eigenvalue weighted by Crippen LogP contribution is -2.14. The van der Waals surface area contributed by atoms with E-state index in [1.165, 1.54) is 29.2 Å². The third-order valence-corrected chi connectivity index (χ3v) is 5.84. The summed E-state index contributed by atoms with van der Waals surface area (Å²) in [7, 11) is 0. The molecule has 0 bridgehead atoms. The highest BCUT2D eigenvalue weighted by molar-refractivity contribution is 8.01. The minimum atomic E-state index is -0.407. The Morgan fingerprint density at radius 1 is 1.03 bits per heavy atom. The Kier molecular flexibility index (Phi) is 8.52. The van der Waals surface area contributed by atoms with Gasteiger partial charge in [-0.3, -0.25) is 14.9 Å². The van der Waals surface area contributed by atoms with Gasteiger partial charge in [0.2, 0.25) is 16.9 Å². The number of carbonyl (C=O) groups is 3. The molecule has 0 unspecified atom stereocenters. The highest BCUT2D eigenvalue weighted by atomic mass is 32.2. The van der Waals surface area contributed by atoms with Crippen molar-refractivity contribution in [3.05, 3.63) is 71.8 Å². The fourth-order valence-corrected chi connectivity index (χ4v) is 3.99.